The van der Waals surface area contributed by atoms with Gasteiger partial charge in [-0.05, 0) is 85.2 Å². The average Bonchev–Trinajstić information content (AvgIpc) is 3.56. The van der Waals surface area contributed by atoms with Crippen LogP contribution in [0.5, 0.6) is 0 Å². The van der Waals surface area contributed by atoms with Gasteiger partial charge in [-0.25, -0.2) is 0 Å². The Morgan fingerprint density at radius 2 is 1.78 bits per heavy atom. The van der Waals surface area contributed by atoms with Crippen LogP contribution >= 0.6 is 0 Å². The summed E-state index contributed by atoms with van der Waals surface area (Å²) in [5.41, 5.74) is -2.58. The second-order valence-electron chi connectivity index (χ2n) is 14.0. The van der Waals surface area contributed by atoms with E-state index in [2.05, 4.69) is 46.8 Å². The van der Waals surface area contributed by atoms with Crippen LogP contribution in [0.15, 0.2) is 23.8 Å². The molecule has 6 nitrogen and oxygen atoms in total. The first-order chi connectivity index (χ1) is 16.8. The van der Waals surface area contributed by atoms with E-state index in [1.54, 1.807) is 6.08 Å². The first kappa shape index (κ1) is 25.2. The summed E-state index contributed by atoms with van der Waals surface area (Å²) in [4.78, 5) is 13.5. The molecular formula is C30H44O6. The van der Waals surface area contributed by atoms with Crippen LogP contribution in [0.3, 0.4) is 0 Å². The molecule has 0 aromatic heterocycles. The van der Waals surface area contributed by atoms with E-state index in [9.17, 15) is 25.2 Å². The van der Waals surface area contributed by atoms with Crippen molar-refractivity contribution in [2.75, 3.05) is 0 Å². The van der Waals surface area contributed by atoms with E-state index in [0.29, 0.717) is 37.5 Å². The summed E-state index contributed by atoms with van der Waals surface area (Å²) in [7, 11) is 0. The number of allylic oxidation sites excluding steroid dienone is 2. The standard InChI is InChI=1S/C30H44O6/c1-15(2)16(3)25-26(36-25)29(34)9-6-7-17-11-18-19(30(35)10-8-24(29)28(17,30)5)12-21(31)20-13-22(32)23(33)14-27(18,20)4/h6-7,12,15-18,20,22-26,32-35H,8-11,13-14H2,1-5H3. The number of aliphatic hydroxyl groups is 4. The first-order valence-electron chi connectivity index (χ1n) is 14.2. The Morgan fingerprint density at radius 1 is 1.06 bits per heavy atom. The largest absolute Gasteiger partial charge is 0.390 e. The summed E-state index contributed by atoms with van der Waals surface area (Å²) in [6.45, 7) is 10.8. The molecule has 13 atom stereocenters. The maximum Gasteiger partial charge on any atom is 0.159 e. The highest BCUT2D eigenvalue weighted by atomic mass is 16.6. The number of epoxide rings is 1. The summed E-state index contributed by atoms with van der Waals surface area (Å²) < 4.78 is 6.19. The zero-order valence-electron chi connectivity index (χ0n) is 22.4. The van der Waals surface area contributed by atoms with Crippen molar-refractivity contribution in [1.29, 1.82) is 0 Å². The molecule has 13 unspecified atom stereocenters. The quantitative estimate of drug-likeness (QED) is 0.350. The molecule has 0 spiro atoms. The SMILES string of the molecule is CC(C)C(C)C1OC1C1(O)CC=CC2CC3C(=CC(=O)C4CC(O)C(O)CC43C)C3(O)CCC1C23C. The van der Waals surface area contributed by atoms with E-state index < -0.39 is 34.2 Å². The lowest BCUT2D eigenvalue weighted by atomic mass is 9.43. The number of ether oxygens (including phenoxy) is 1. The second kappa shape index (κ2) is 7.75. The third-order valence-electron chi connectivity index (χ3n) is 12.3. The number of rotatable bonds is 3. The van der Waals surface area contributed by atoms with Gasteiger partial charge in [-0.2, -0.15) is 0 Å². The molecule has 0 bridgehead atoms. The highest BCUT2D eigenvalue weighted by Crippen LogP contribution is 2.72. The summed E-state index contributed by atoms with van der Waals surface area (Å²) >= 11 is 0. The van der Waals surface area contributed by atoms with E-state index in [0.717, 1.165) is 12.0 Å². The lowest BCUT2D eigenvalue weighted by Gasteiger charge is -2.62. The molecule has 6 aliphatic rings. The molecule has 5 aliphatic carbocycles. The molecule has 6 rings (SSSR count). The van der Waals surface area contributed by atoms with Gasteiger partial charge >= 0.3 is 0 Å². The van der Waals surface area contributed by atoms with Gasteiger partial charge in [-0.15, -0.1) is 0 Å². The fourth-order valence-electron chi connectivity index (χ4n) is 9.70. The van der Waals surface area contributed by atoms with Gasteiger partial charge in [0.25, 0.3) is 0 Å². The topological polar surface area (TPSA) is 111 Å². The molecule has 200 valence electrons. The molecule has 0 aromatic carbocycles. The van der Waals surface area contributed by atoms with Crippen LogP contribution in [0.4, 0.5) is 0 Å². The van der Waals surface area contributed by atoms with Crippen LogP contribution in [-0.2, 0) is 9.53 Å². The van der Waals surface area contributed by atoms with Gasteiger partial charge in [0.15, 0.2) is 5.78 Å². The monoisotopic (exact) mass is 500 g/mol. The molecule has 0 amide bonds. The molecule has 0 aromatic rings. The normalized spacial score (nSPS) is 56.4. The Labute approximate surface area is 214 Å². The van der Waals surface area contributed by atoms with Crippen molar-refractivity contribution in [3.05, 3.63) is 23.8 Å². The van der Waals surface area contributed by atoms with E-state index in [1.165, 1.54) is 0 Å². The van der Waals surface area contributed by atoms with Gasteiger partial charge < -0.3 is 25.2 Å². The van der Waals surface area contributed by atoms with Crippen LogP contribution in [0.25, 0.3) is 0 Å². The number of hydrogen-bond donors (Lipinski definition) is 4. The molecule has 0 radical (unpaired) electrons. The highest BCUT2D eigenvalue weighted by Gasteiger charge is 2.74. The van der Waals surface area contributed by atoms with Crippen molar-refractivity contribution in [3.8, 4) is 0 Å². The summed E-state index contributed by atoms with van der Waals surface area (Å²) in [5.74, 6) is 0.260. The summed E-state index contributed by atoms with van der Waals surface area (Å²) in [6.07, 6.45) is 7.16. The van der Waals surface area contributed by atoms with E-state index in [4.69, 9.17) is 4.74 Å². The minimum absolute atomic E-state index is 0.0267. The zero-order chi connectivity index (χ0) is 26.0. The molecule has 6 heteroatoms. The predicted octanol–water partition coefficient (Wildman–Crippen LogP) is 3.17. The zero-order valence-corrected chi connectivity index (χ0v) is 22.4. The van der Waals surface area contributed by atoms with Crippen molar-refractivity contribution in [3.63, 3.8) is 0 Å². The Bertz CT molecular complexity index is 1020. The highest BCUT2D eigenvalue weighted by molar-refractivity contribution is 5.95. The van der Waals surface area contributed by atoms with Crippen LogP contribution in [0.1, 0.15) is 73.1 Å². The number of carbonyl (C=O) groups excluding carboxylic acids is 1. The van der Waals surface area contributed by atoms with E-state index in [1.807, 2.05) is 0 Å². The third kappa shape index (κ3) is 3.00. The van der Waals surface area contributed by atoms with Crippen molar-refractivity contribution >= 4 is 5.78 Å². The van der Waals surface area contributed by atoms with Crippen molar-refractivity contribution in [2.45, 2.75) is 109 Å². The molecule has 36 heavy (non-hydrogen) atoms. The van der Waals surface area contributed by atoms with Gasteiger partial charge in [-0.1, -0.05) is 46.8 Å². The lowest BCUT2D eigenvalue weighted by molar-refractivity contribution is -0.173. The number of hydrogen-bond acceptors (Lipinski definition) is 6. The Kier molecular flexibility index (Phi) is 5.44. The number of carbonyl (C=O) groups is 1. The maximum absolute atomic E-state index is 13.5. The molecule has 3 saturated carbocycles. The Hall–Kier alpha value is -1.05. The second-order valence-corrected chi connectivity index (χ2v) is 14.0. The van der Waals surface area contributed by atoms with Crippen LogP contribution in [-0.4, -0.2) is 61.8 Å². The molecule has 4 N–H and O–H groups in total. The minimum atomic E-state index is -1.20. The van der Waals surface area contributed by atoms with Crippen molar-refractivity contribution in [2.24, 2.45) is 46.3 Å². The van der Waals surface area contributed by atoms with Gasteiger partial charge in [0.1, 0.15) is 11.7 Å². The molecule has 1 heterocycles. The first-order valence-corrected chi connectivity index (χ1v) is 14.2. The molecule has 4 fully saturated rings. The van der Waals surface area contributed by atoms with Crippen LogP contribution in [0, 0.1) is 46.3 Å². The average molecular weight is 501 g/mol. The van der Waals surface area contributed by atoms with Gasteiger partial charge in [0, 0.05) is 11.3 Å². The van der Waals surface area contributed by atoms with Gasteiger partial charge in [0.05, 0.1) is 23.9 Å². The summed E-state index contributed by atoms with van der Waals surface area (Å²) in [5, 5.41) is 45.9. The van der Waals surface area contributed by atoms with E-state index >= 15 is 0 Å². The lowest BCUT2D eigenvalue weighted by Crippen LogP contribution is -2.64. The molecular weight excluding hydrogens is 456 g/mol. The third-order valence-corrected chi connectivity index (χ3v) is 12.3. The van der Waals surface area contributed by atoms with E-state index in [-0.39, 0.29) is 48.1 Å². The Morgan fingerprint density at radius 3 is 2.47 bits per heavy atom. The van der Waals surface area contributed by atoms with Crippen LogP contribution in [0.2, 0.25) is 0 Å². The summed E-state index contributed by atoms with van der Waals surface area (Å²) in [6, 6.07) is 0. The van der Waals surface area contributed by atoms with Crippen molar-refractivity contribution < 1.29 is 30.0 Å². The number of aliphatic hydroxyl groups excluding tert-OH is 2. The minimum Gasteiger partial charge on any atom is -0.390 e. The molecule has 1 saturated heterocycles. The smallest absolute Gasteiger partial charge is 0.159 e. The predicted molar refractivity (Wildman–Crippen MR) is 135 cm³/mol. The van der Waals surface area contributed by atoms with Crippen molar-refractivity contribution in [1.82, 2.24) is 0 Å². The Balaban J connectivity index is 1.41. The van der Waals surface area contributed by atoms with Crippen LogP contribution < -0.4 is 0 Å². The fraction of sp³-hybridized carbons (Fsp3) is 0.833. The number of ketones is 1. The maximum atomic E-state index is 13.5. The number of fused-ring (bicyclic) bond motifs is 4. The molecule has 1 aliphatic heterocycles. The van der Waals surface area contributed by atoms with Gasteiger partial charge in [0.2, 0.25) is 0 Å². The van der Waals surface area contributed by atoms with Gasteiger partial charge in [-0.3, -0.25) is 4.79 Å². The fourth-order valence-corrected chi connectivity index (χ4v) is 9.70.